The molecule has 0 amide bonds. The summed E-state index contributed by atoms with van der Waals surface area (Å²) in [6.45, 7) is 1.03. The van der Waals surface area contributed by atoms with Gasteiger partial charge in [0, 0.05) is 11.8 Å². The molecule has 1 aliphatic heterocycles. The largest absolute Gasteiger partial charge is 0.481 e. The third-order valence-electron chi connectivity index (χ3n) is 3.15. The van der Waals surface area contributed by atoms with Gasteiger partial charge in [-0.3, -0.25) is 4.79 Å². The highest BCUT2D eigenvalue weighted by atomic mass is 16.5. The molecule has 13 heavy (non-hydrogen) atoms. The van der Waals surface area contributed by atoms with Gasteiger partial charge in [0.15, 0.2) is 0 Å². The summed E-state index contributed by atoms with van der Waals surface area (Å²) in [6, 6.07) is 0. The van der Waals surface area contributed by atoms with Gasteiger partial charge in [0.05, 0.1) is 25.2 Å². The Morgan fingerprint density at radius 2 is 1.77 bits per heavy atom. The maximum absolute atomic E-state index is 10.8. The molecule has 0 spiro atoms. The molecule has 0 aromatic carbocycles. The third-order valence-corrected chi connectivity index (χ3v) is 3.15. The van der Waals surface area contributed by atoms with Crippen molar-refractivity contribution in [2.24, 2.45) is 17.8 Å². The highest BCUT2D eigenvalue weighted by Gasteiger charge is 2.42. The fraction of sp³-hybridized carbons (Fsp3) is 0.889. The topological polar surface area (TPSA) is 66.8 Å². The molecule has 74 valence electrons. The van der Waals surface area contributed by atoms with Crippen LogP contribution in [-0.4, -0.2) is 35.5 Å². The Morgan fingerprint density at radius 1 is 1.23 bits per heavy atom. The van der Waals surface area contributed by atoms with Crippen LogP contribution in [0.1, 0.15) is 12.8 Å². The van der Waals surface area contributed by atoms with Crippen molar-refractivity contribution in [2.45, 2.75) is 18.9 Å². The molecule has 1 saturated heterocycles. The first kappa shape index (κ1) is 8.97. The number of hydrogen-bond acceptors (Lipinski definition) is 3. The second-order valence-corrected chi connectivity index (χ2v) is 4.05. The number of rotatable bonds is 1. The first-order valence-electron chi connectivity index (χ1n) is 4.67. The van der Waals surface area contributed by atoms with E-state index in [0.717, 1.165) is 0 Å². The van der Waals surface area contributed by atoms with E-state index < -0.39 is 5.97 Å². The third kappa shape index (κ3) is 1.56. The van der Waals surface area contributed by atoms with Crippen molar-refractivity contribution in [1.82, 2.24) is 0 Å². The maximum atomic E-state index is 10.8. The van der Waals surface area contributed by atoms with Gasteiger partial charge in [0.25, 0.3) is 0 Å². The minimum atomic E-state index is -0.733. The Bertz CT molecular complexity index is 202. The Balaban J connectivity index is 2.07. The first-order chi connectivity index (χ1) is 6.18. The van der Waals surface area contributed by atoms with E-state index in [4.69, 9.17) is 9.84 Å². The molecule has 2 fully saturated rings. The monoisotopic (exact) mass is 186 g/mol. The van der Waals surface area contributed by atoms with Crippen molar-refractivity contribution >= 4 is 5.97 Å². The molecule has 0 radical (unpaired) electrons. The van der Waals surface area contributed by atoms with Crippen molar-refractivity contribution in [3.05, 3.63) is 0 Å². The fourth-order valence-electron chi connectivity index (χ4n) is 2.40. The Hall–Kier alpha value is -0.610. The van der Waals surface area contributed by atoms with Crippen LogP contribution in [0.3, 0.4) is 0 Å². The summed E-state index contributed by atoms with van der Waals surface area (Å²) in [6.07, 6.45) is 0.782. The van der Waals surface area contributed by atoms with Crippen molar-refractivity contribution in [3.63, 3.8) is 0 Å². The number of carboxylic acid groups (broad SMARTS) is 1. The molecular weight excluding hydrogens is 172 g/mol. The van der Waals surface area contributed by atoms with Gasteiger partial charge in [0.2, 0.25) is 0 Å². The van der Waals surface area contributed by atoms with Crippen LogP contribution in [-0.2, 0) is 9.53 Å². The molecule has 1 saturated carbocycles. The lowest BCUT2D eigenvalue weighted by atomic mass is 9.72. The normalized spacial score (nSPS) is 44.4. The van der Waals surface area contributed by atoms with Crippen LogP contribution < -0.4 is 0 Å². The second-order valence-electron chi connectivity index (χ2n) is 4.05. The van der Waals surface area contributed by atoms with E-state index in [2.05, 4.69) is 0 Å². The van der Waals surface area contributed by atoms with Crippen LogP contribution in [0.15, 0.2) is 0 Å². The SMILES string of the molecule is O=C(O)C1C[C@H]2COC[C@H](C1)C2O. The van der Waals surface area contributed by atoms with Crippen LogP contribution in [0, 0.1) is 17.8 Å². The average molecular weight is 186 g/mol. The highest BCUT2D eigenvalue weighted by Crippen LogP contribution is 2.37. The Kier molecular flexibility index (Phi) is 2.26. The number of hydrogen-bond donors (Lipinski definition) is 2. The number of carbonyl (C=O) groups is 1. The fourth-order valence-corrected chi connectivity index (χ4v) is 2.40. The molecule has 0 aromatic heterocycles. The minimum absolute atomic E-state index is 0.0357. The molecule has 2 atom stereocenters. The molecule has 1 aliphatic carbocycles. The number of aliphatic hydroxyl groups is 1. The second kappa shape index (κ2) is 3.27. The molecule has 2 N–H and O–H groups in total. The molecule has 0 aromatic rings. The number of carboxylic acids is 1. The molecule has 1 heterocycles. The van der Waals surface area contributed by atoms with Gasteiger partial charge in [-0.25, -0.2) is 0 Å². The van der Waals surface area contributed by atoms with Crippen molar-refractivity contribution in [1.29, 1.82) is 0 Å². The summed E-state index contributed by atoms with van der Waals surface area (Å²) in [5.41, 5.74) is 0. The summed E-state index contributed by atoms with van der Waals surface area (Å²) in [5.74, 6) is -0.937. The van der Waals surface area contributed by atoms with Gasteiger partial charge in [-0.05, 0) is 12.8 Å². The first-order valence-corrected chi connectivity index (χ1v) is 4.67. The number of ether oxygens (including phenoxy) is 1. The smallest absolute Gasteiger partial charge is 0.306 e. The number of fused-ring (bicyclic) bond motifs is 2. The maximum Gasteiger partial charge on any atom is 0.306 e. The summed E-state index contributed by atoms with van der Waals surface area (Å²) in [5, 5.41) is 18.6. The van der Waals surface area contributed by atoms with Crippen LogP contribution in [0.5, 0.6) is 0 Å². The molecular formula is C9H14O4. The van der Waals surface area contributed by atoms with Crippen LogP contribution in [0.25, 0.3) is 0 Å². The van der Waals surface area contributed by atoms with Crippen molar-refractivity contribution in [3.8, 4) is 0 Å². The number of aliphatic hydroxyl groups excluding tert-OH is 1. The van der Waals surface area contributed by atoms with Gasteiger partial charge in [-0.15, -0.1) is 0 Å². The van der Waals surface area contributed by atoms with E-state index in [-0.39, 0.29) is 23.9 Å². The van der Waals surface area contributed by atoms with Gasteiger partial charge < -0.3 is 14.9 Å². The summed E-state index contributed by atoms with van der Waals surface area (Å²) in [7, 11) is 0. The van der Waals surface area contributed by atoms with E-state index >= 15 is 0 Å². The standard InChI is InChI=1S/C9H14O4/c10-8-6-1-5(9(11)12)2-7(8)4-13-3-6/h5-8,10H,1-4H2,(H,11,12)/t5?,6-,7-,8?/m0/s1. The van der Waals surface area contributed by atoms with E-state index in [0.29, 0.717) is 26.1 Å². The predicted molar refractivity (Wildman–Crippen MR) is 44.2 cm³/mol. The van der Waals surface area contributed by atoms with Crippen LogP contribution >= 0.6 is 0 Å². The lowest BCUT2D eigenvalue weighted by Crippen LogP contribution is -2.47. The summed E-state index contributed by atoms with van der Waals surface area (Å²) >= 11 is 0. The Morgan fingerprint density at radius 3 is 2.23 bits per heavy atom. The van der Waals surface area contributed by atoms with Gasteiger partial charge >= 0.3 is 5.97 Å². The summed E-state index contributed by atoms with van der Waals surface area (Å²) < 4.78 is 5.28. The van der Waals surface area contributed by atoms with Gasteiger partial charge in [-0.1, -0.05) is 0 Å². The van der Waals surface area contributed by atoms with E-state index in [9.17, 15) is 9.90 Å². The van der Waals surface area contributed by atoms with Crippen molar-refractivity contribution in [2.75, 3.05) is 13.2 Å². The quantitative estimate of drug-likeness (QED) is 0.609. The van der Waals surface area contributed by atoms with Crippen LogP contribution in [0.4, 0.5) is 0 Å². The molecule has 2 rings (SSSR count). The van der Waals surface area contributed by atoms with E-state index in [1.54, 1.807) is 0 Å². The van der Waals surface area contributed by atoms with Gasteiger partial charge in [0.1, 0.15) is 0 Å². The summed E-state index contributed by atoms with van der Waals surface area (Å²) in [4.78, 5) is 10.8. The van der Waals surface area contributed by atoms with E-state index in [1.807, 2.05) is 0 Å². The predicted octanol–water partition coefficient (Wildman–Crippen LogP) is 0.105. The molecule has 2 aliphatic rings. The Labute approximate surface area is 76.5 Å². The average Bonchev–Trinajstić information content (AvgIpc) is 2.02. The zero-order valence-corrected chi connectivity index (χ0v) is 7.35. The molecule has 4 heteroatoms. The van der Waals surface area contributed by atoms with Crippen LogP contribution in [0.2, 0.25) is 0 Å². The zero-order chi connectivity index (χ0) is 9.42. The minimum Gasteiger partial charge on any atom is -0.481 e. The molecule has 4 nitrogen and oxygen atoms in total. The van der Waals surface area contributed by atoms with Gasteiger partial charge in [-0.2, -0.15) is 0 Å². The number of aliphatic carboxylic acids is 1. The highest BCUT2D eigenvalue weighted by molar-refractivity contribution is 5.70. The van der Waals surface area contributed by atoms with Crippen molar-refractivity contribution < 1.29 is 19.7 Å². The zero-order valence-electron chi connectivity index (χ0n) is 7.35. The molecule has 2 bridgehead atoms. The lowest BCUT2D eigenvalue weighted by molar-refractivity contribution is -0.155. The lowest BCUT2D eigenvalue weighted by Gasteiger charge is -2.41. The molecule has 0 unspecified atom stereocenters. The van der Waals surface area contributed by atoms with E-state index in [1.165, 1.54) is 0 Å².